The van der Waals surface area contributed by atoms with Crippen LogP contribution in [0.3, 0.4) is 0 Å². The molecule has 5 heteroatoms. The van der Waals surface area contributed by atoms with Crippen molar-refractivity contribution in [3.05, 3.63) is 58.0 Å². The van der Waals surface area contributed by atoms with Crippen molar-refractivity contribution in [3.63, 3.8) is 0 Å². The van der Waals surface area contributed by atoms with Gasteiger partial charge in [0.25, 0.3) is 5.56 Å². The molecule has 2 atom stereocenters. The lowest BCUT2D eigenvalue weighted by atomic mass is 9.82. The van der Waals surface area contributed by atoms with Gasteiger partial charge in [0.05, 0.1) is 0 Å². The smallest absolute Gasteiger partial charge is 0.410 e. The van der Waals surface area contributed by atoms with Gasteiger partial charge in [-0.15, -0.1) is 0 Å². The van der Waals surface area contributed by atoms with Crippen molar-refractivity contribution in [2.45, 2.75) is 52.2 Å². The maximum atomic E-state index is 12.8. The average molecular weight is 380 g/mol. The molecule has 1 saturated heterocycles. The van der Waals surface area contributed by atoms with E-state index in [1.54, 1.807) is 6.07 Å². The zero-order valence-corrected chi connectivity index (χ0v) is 17.1. The Balaban J connectivity index is 1.65. The second kappa shape index (κ2) is 6.80. The van der Waals surface area contributed by atoms with E-state index in [1.165, 1.54) is 5.56 Å². The van der Waals surface area contributed by atoms with Gasteiger partial charge in [-0.3, -0.25) is 4.79 Å². The van der Waals surface area contributed by atoms with Gasteiger partial charge in [0.1, 0.15) is 5.60 Å². The van der Waals surface area contributed by atoms with Crippen molar-refractivity contribution in [1.82, 2.24) is 9.47 Å². The normalized spacial score (nSPS) is 21.2. The Kier molecular flexibility index (Phi) is 4.56. The molecule has 0 radical (unpaired) electrons. The summed E-state index contributed by atoms with van der Waals surface area (Å²) in [4.78, 5) is 27.2. The van der Waals surface area contributed by atoms with Crippen LogP contribution in [0.15, 0.2) is 41.2 Å². The quantitative estimate of drug-likeness (QED) is 0.746. The van der Waals surface area contributed by atoms with Crippen LogP contribution in [0.2, 0.25) is 0 Å². The maximum absolute atomic E-state index is 12.8. The van der Waals surface area contributed by atoms with Gasteiger partial charge in [-0.25, -0.2) is 4.79 Å². The molecule has 0 spiro atoms. The van der Waals surface area contributed by atoms with Crippen LogP contribution >= 0.6 is 0 Å². The fraction of sp³-hybridized carbons (Fsp3) is 0.478. The van der Waals surface area contributed by atoms with Crippen molar-refractivity contribution in [1.29, 1.82) is 0 Å². The second-order valence-electron chi connectivity index (χ2n) is 9.17. The summed E-state index contributed by atoms with van der Waals surface area (Å²) in [5, 5.41) is 0. The Morgan fingerprint density at radius 2 is 1.75 bits per heavy atom. The number of likely N-dealkylation sites (tertiary alicyclic amines) is 1. The second-order valence-corrected chi connectivity index (χ2v) is 9.17. The number of benzene rings is 1. The molecule has 1 unspecified atom stereocenters. The molecule has 2 bridgehead atoms. The third-order valence-electron chi connectivity index (χ3n) is 5.59. The van der Waals surface area contributed by atoms with Crippen LogP contribution in [0.5, 0.6) is 0 Å². The van der Waals surface area contributed by atoms with Crippen LogP contribution in [0.4, 0.5) is 4.79 Å². The Morgan fingerprint density at radius 1 is 1.04 bits per heavy atom. The summed E-state index contributed by atoms with van der Waals surface area (Å²) >= 11 is 0. The minimum Gasteiger partial charge on any atom is -0.444 e. The van der Waals surface area contributed by atoms with Crippen LogP contribution in [-0.2, 0) is 11.3 Å². The van der Waals surface area contributed by atoms with E-state index in [2.05, 4.69) is 37.3 Å². The standard InChI is InChI=1S/C23H28N2O3/c1-15-5-7-17(8-6-15)18-10-20-19-9-16(13-25(20)21(26)11-18)12-24(14-19)22(27)28-23(2,3)4/h5-8,10-11,16,19H,9,12-14H2,1-4H3/t16?,19-/m0/s1. The summed E-state index contributed by atoms with van der Waals surface area (Å²) < 4.78 is 7.48. The molecule has 0 N–H and O–H groups in total. The molecule has 0 aliphatic carbocycles. The summed E-state index contributed by atoms with van der Waals surface area (Å²) in [5.41, 5.74) is 3.77. The van der Waals surface area contributed by atoms with Gasteiger partial charge < -0.3 is 14.2 Å². The van der Waals surface area contributed by atoms with E-state index < -0.39 is 5.60 Å². The molecular weight excluding hydrogens is 352 g/mol. The van der Waals surface area contributed by atoms with E-state index in [4.69, 9.17) is 4.74 Å². The van der Waals surface area contributed by atoms with E-state index in [0.29, 0.717) is 25.6 Å². The zero-order valence-electron chi connectivity index (χ0n) is 17.1. The fourth-order valence-corrected chi connectivity index (χ4v) is 4.35. The van der Waals surface area contributed by atoms with E-state index in [1.807, 2.05) is 30.2 Å². The summed E-state index contributed by atoms with van der Waals surface area (Å²) in [5.74, 6) is 0.458. The van der Waals surface area contributed by atoms with E-state index in [9.17, 15) is 9.59 Å². The number of hydrogen-bond acceptors (Lipinski definition) is 3. The molecule has 1 fully saturated rings. The average Bonchev–Trinajstić information content (AvgIpc) is 2.61. The lowest BCUT2D eigenvalue weighted by Gasteiger charge is -2.43. The Morgan fingerprint density at radius 3 is 2.43 bits per heavy atom. The topological polar surface area (TPSA) is 51.5 Å². The molecule has 1 aromatic carbocycles. The number of hydrogen-bond donors (Lipinski definition) is 0. The van der Waals surface area contributed by atoms with E-state index >= 15 is 0 Å². The van der Waals surface area contributed by atoms with Crippen LogP contribution in [0, 0.1) is 12.8 Å². The first-order valence-electron chi connectivity index (χ1n) is 9.99. The monoisotopic (exact) mass is 380 g/mol. The Bertz CT molecular complexity index is 953. The molecule has 28 heavy (non-hydrogen) atoms. The molecule has 2 aliphatic rings. The highest BCUT2D eigenvalue weighted by Crippen LogP contribution is 2.37. The third kappa shape index (κ3) is 3.71. The number of rotatable bonds is 1. The highest BCUT2D eigenvalue weighted by atomic mass is 16.6. The summed E-state index contributed by atoms with van der Waals surface area (Å²) in [6, 6.07) is 12.1. The van der Waals surface area contributed by atoms with E-state index in [0.717, 1.165) is 23.2 Å². The maximum Gasteiger partial charge on any atom is 0.410 e. The van der Waals surface area contributed by atoms with Gasteiger partial charge in [-0.2, -0.15) is 0 Å². The highest BCUT2D eigenvalue weighted by Gasteiger charge is 2.38. The number of aryl methyl sites for hydroxylation is 1. The SMILES string of the molecule is Cc1ccc(-c2cc3n(c(=O)c2)CC2C[C@H]3CN(C(=O)OC(C)(C)C)C2)cc1. The number of fused-ring (bicyclic) bond motifs is 4. The van der Waals surface area contributed by atoms with Gasteiger partial charge in [0, 0.05) is 37.3 Å². The molecule has 2 aliphatic heterocycles. The van der Waals surface area contributed by atoms with E-state index in [-0.39, 0.29) is 17.6 Å². The van der Waals surface area contributed by atoms with Gasteiger partial charge in [-0.1, -0.05) is 29.8 Å². The number of aromatic nitrogens is 1. The molecule has 1 amide bonds. The van der Waals surface area contributed by atoms with Gasteiger partial charge in [-0.05, 0) is 57.2 Å². The van der Waals surface area contributed by atoms with Crippen molar-refractivity contribution < 1.29 is 9.53 Å². The minimum absolute atomic E-state index is 0.0495. The number of amides is 1. The Labute approximate surface area is 165 Å². The fourth-order valence-electron chi connectivity index (χ4n) is 4.35. The molecule has 4 rings (SSSR count). The van der Waals surface area contributed by atoms with Gasteiger partial charge in [0.2, 0.25) is 0 Å². The number of pyridine rings is 1. The summed E-state index contributed by atoms with van der Waals surface area (Å²) in [6.45, 7) is 9.63. The largest absolute Gasteiger partial charge is 0.444 e. The predicted molar refractivity (Wildman–Crippen MR) is 110 cm³/mol. The predicted octanol–water partition coefficient (Wildman–Crippen LogP) is 4.18. The first-order valence-corrected chi connectivity index (χ1v) is 9.99. The lowest BCUT2D eigenvalue weighted by Crippen LogP contribution is -2.50. The Hall–Kier alpha value is -2.56. The van der Waals surface area contributed by atoms with Crippen LogP contribution < -0.4 is 5.56 Å². The van der Waals surface area contributed by atoms with Crippen LogP contribution in [0.1, 0.15) is 44.4 Å². The number of nitrogens with zero attached hydrogens (tertiary/aromatic N) is 2. The molecular formula is C23H28N2O3. The van der Waals surface area contributed by atoms with Crippen molar-refractivity contribution >= 4 is 6.09 Å². The van der Waals surface area contributed by atoms with Gasteiger partial charge in [0.15, 0.2) is 0 Å². The molecule has 2 aromatic rings. The summed E-state index contributed by atoms with van der Waals surface area (Å²) in [7, 11) is 0. The number of carbonyl (C=O) groups excluding carboxylic acids is 1. The summed E-state index contributed by atoms with van der Waals surface area (Å²) in [6.07, 6.45) is 0.753. The molecule has 5 nitrogen and oxygen atoms in total. The van der Waals surface area contributed by atoms with Crippen molar-refractivity contribution in [2.24, 2.45) is 5.92 Å². The first-order chi connectivity index (χ1) is 13.2. The van der Waals surface area contributed by atoms with Crippen molar-refractivity contribution in [2.75, 3.05) is 13.1 Å². The lowest BCUT2D eigenvalue weighted by molar-refractivity contribution is 0.0102. The van der Waals surface area contributed by atoms with Gasteiger partial charge >= 0.3 is 6.09 Å². The minimum atomic E-state index is -0.503. The highest BCUT2D eigenvalue weighted by molar-refractivity contribution is 5.69. The molecule has 3 heterocycles. The van der Waals surface area contributed by atoms with Crippen molar-refractivity contribution in [3.8, 4) is 11.1 Å². The third-order valence-corrected chi connectivity index (χ3v) is 5.59. The molecule has 1 aromatic heterocycles. The first kappa shape index (κ1) is 18.8. The number of ether oxygens (including phenoxy) is 1. The molecule has 0 saturated carbocycles. The van der Waals surface area contributed by atoms with Crippen LogP contribution in [-0.4, -0.2) is 34.3 Å². The van der Waals surface area contributed by atoms with Crippen LogP contribution in [0.25, 0.3) is 11.1 Å². The number of piperidine rings is 1. The number of carbonyl (C=O) groups is 1. The zero-order chi connectivity index (χ0) is 20.1. The molecule has 148 valence electrons.